The molecule has 1 saturated heterocycles. The average Bonchev–Trinajstić information content (AvgIpc) is 3.11. The van der Waals surface area contributed by atoms with Crippen LogP contribution in [0.25, 0.3) is 5.76 Å². The van der Waals surface area contributed by atoms with E-state index in [4.69, 9.17) is 9.47 Å². The summed E-state index contributed by atoms with van der Waals surface area (Å²) in [5.74, 6) is 0.194. The lowest BCUT2D eigenvalue weighted by Crippen LogP contribution is -2.30. The molecule has 1 N–H and O–H groups in total. The number of benzene rings is 2. The first kappa shape index (κ1) is 26.3. The van der Waals surface area contributed by atoms with Crippen LogP contribution in [0.2, 0.25) is 0 Å². The fourth-order valence-corrected chi connectivity index (χ4v) is 4.47. The van der Waals surface area contributed by atoms with E-state index in [-0.39, 0.29) is 17.3 Å². The van der Waals surface area contributed by atoms with Gasteiger partial charge in [0.1, 0.15) is 17.3 Å². The fourth-order valence-electron chi connectivity index (χ4n) is 4.47. The normalized spacial score (nSPS) is 17.3. The van der Waals surface area contributed by atoms with Crippen LogP contribution in [0, 0.1) is 0 Å². The lowest BCUT2D eigenvalue weighted by atomic mass is 9.93. The van der Waals surface area contributed by atoms with Gasteiger partial charge in [0.05, 0.1) is 25.3 Å². The number of methoxy groups -OCH3 is 1. The second kappa shape index (κ2) is 11.9. The number of carbonyl (C=O) groups excluding carboxylic acids is 2. The molecule has 0 saturated carbocycles. The number of nitrogens with zero attached hydrogens (tertiary/aromatic N) is 1. The number of aliphatic hydroxyl groups is 1. The van der Waals surface area contributed by atoms with Gasteiger partial charge in [0.2, 0.25) is 0 Å². The number of unbranched alkanes of at least 4 members (excludes halogenated alkanes) is 2. The Morgan fingerprint density at radius 1 is 1.03 bits per heavy atom. The van der Waals surface area contributed by atoms with Gasteiger partial charge in [0.25, 0.3) is 11.7 Å². The summed E-state index contributed by atoms with van der Waals surface area (Å²) in [6, 6.07) is 12.1. The van der Waals surface area contributed by atoms with E-state index in [1.807, 2.05) is 51.1 Å². The Balaban J connectivity index is 2.03. The minimum Gasteiger partial charge on any atom is -0.507 e. The molecule has 1 amide bonds. The Hall–Kier alpha value is -3.28. The highest BCUT2D eigenvalue weighted by molar-refractivity contribution is 6.46. The molecule has 2 aromatic rings. The van der Waals surface area contributed by atoms with Crippen molar-refractivity contribution in [2.24, 2.45) is 0 Å². The summed E-state index contributed by atoms with van der Waals surface area (Å²) < 4.78 is 11.3. The third kappa shape index (κ3) is 5.69. The van der Waals surface area contributed by atoms with Crippen LogP contribution in [-0.2, 0) is 9.59 Å². The zero-order chi connectivity index (χ0) is 25.5. The van der Waals surface area contributed by atoms with Crippen molar-refractivity contribution in [2.45, 2.75) is 65.3 Å². The molecular formula is C29H37NO5. The van der Waals surface area contributed by atoms with E-state index in [1.165, 1.54) is 0 Å². The van der Waals surface area contributed by atoms with Gasteiger partial charge >= 0.3 is 0 Å². The molecule has 2 aromatic carbocycles. The van der Waals surface area contributed by atoms with E-state index in [0.717, 1.165) is 36.1 Å². The highest BCUT2D eigenvalue weighted by atomic mass is 16.5. The van der Waals surface area contributed by atoms with Crippen molar-refractivity contribution in [1.29, 1.82) is 0 Å². The lowest BCUT2D eigenvalue weighted by molar-refractivity contribution is -0.139. The summed E-state index contributed by atoms with van der Waals surface area (Å²) in [5.41, 5.74) is 2.28. The summed E-state index contributed by atoms with van der Waals surface area (Å²) in [6.07, 6.45) is 3.94. The molecule has 6 heteroatoms. The molecule has 1 heterocycles. The molecule has 1 fully saturated rings. The van der Waals surface area contributed by atoms with E-state index >= 15 is 0 Å². The molecule has 1 atom stereocenters. The summed E-state index contributed by atoms with van der Waals surface area (Å²) in [7, 11) is 1.61. The number of hydrogen-bond donors (Lipinski definition) is 1. The van der Waals surface area contributed by atoms with Gasteiger partial charge in [-0.3, -0.25) is 9.59 Å². The first-order valence-corrected chi connectivity index (χ1v) is 12.5. The fraction of sp³-hybridized carbons (Fsp3) is 0.448. The molecule has 0 spiro atoms. The van der Waals surface area contributed by atoms with Gasteiger partial charge < -0.3 is 19.5 Å². The molecule has 1 aliphatic rings. The molecule has 188 valence electrons. The number of carbonyl (C=O) groups is 2. The van der Waals surface area contributed by atoms with E-state index in [9.17, 15) is 14.7 Å². The van der Waals surface area contributed by atoms with E-state index < -0.39 is 17.7 Å². The SMILES string of the molecule is CCCCCOc1ccc(C2/C(=C(/O)c3ccc(OC)c(C(C)C)c3)C(=O)C(=O)N2CCC)cc1. The Morgan fingerprint density at radius 3 is 2.34 bits per heavy atom. The number of amides is 1. The smallest absolute Gasteiger partial charge is 0.295 e. The van der Waals surface area contributed by atoms with Crippen LogP contribution in [0.1, 0.15) is 82.0 Å². The quantitative estimate of drug-likeness (QED) is 0.179. The van der Waals surface area contributed by atoms with Crippen molar-refractivity contribution in [3.63, 3.8) is 0 Å². The van der Waals surface area contributed by atoms with Crippen LogP contribution < -0.4 is 9.47 Å². The average molecular weight is 480 g/mol. The molecule has 3 rings (SSSR count). The molecule has 6 nitrogen and oxygen atoms in total. The molecule has 0 aliphatic carbocycles. The van der Waals surface area contributed by atoms with Crippen molar-refractivity contribution >= 4 is 17.4 Å². The van der Waals surface area contributed by atoms with Crippen LogP contribution in [0.15, 0.2) is 48.0 Å². The minimum absolute atomic E-state index is 0.111. The Bertz CT molecular complexity index is 1070. The molecule has 0 radical (unpaired) electrons. The maximum Gasteiger partial charge on any atom is 0.295 e. The second-order valence-electron chi connectivity index (χ2n) is 9.23. The van der Waals surface area contributed by atoms with Crippen molar-refractivity contribution in [3.8, 4) is 11.5 Å². The van der Waals surface area contributed by atoms with Gasteiger partial charge in [-0.2, -0.15) is 0 Å². The van der Waals surface area contributed by atoms with Crippen molar-refractivity contribution in [1.82, 2.24) is 4.90 Å². The third-order valence-corrected chi connectivity index (χ3v) is 6.34. The summed E-state index contributed by atoms with van der Waals surface area (Å²) in [4.78, 5) is 27.7. The Kier molecular flexibility index (Phi) is 8.96. The topological polar surface area (TPSA) is 76.1 Å². The zero-order valence-electron chi connectivity index (χ0n) is 21.5. The van der Waals surface area contributed by atoms with E-state index in [0.29, 0.717) is 30.9 Å². The Morgan fingerprint density at radius 2 is 1.74 bits per heavy atom. The van der Waals surface area contributed by atoms with Crippen molar-refractivity contribution in [3.05, 3.63) is 64.7 Å². The number of rotatable bonds is 11. The molecular weight excluding hydrogens is 442 g/mol. The monoisotopic (exact) mass is 479 g/mol. The highest BCUT2D eigenvalue weighted by Gasteiger charge is 2.45. The zero-order valence-corrected chi connectivity index (χ0v) is 21.5. The highest BCUT2D eigenvalue weighted by Crippen LogP contribution is 2.40. The van der Waals surface area contributed by atoms with Crippen LogP contribution in [0.4, 0.5) is 0 Å². The van der Waals surface area contributed by atoms with Gasteiger partial charge in [0, 0.05) is 12.1 Å². The summed E-state index contributed by atoms with van der Waals surface area (Å²) in [5, 5.41) is 11.3. The largest absolute Gasteiger partial charge is 0.507 e. The number of aliphatic hydroxyl groups excluding tert-OH is 1. The lowest BCUT2D eigenvalue weighted by Gasteiger charge is -2.25. The molecule has 0 bridgehead atoms. The van der Waals surface area contributed by atoms with Crippen molar-refractivity contribution in [2.75, 3.05) is 20.3 Å². The number of ketones is 1. The van der Waals surface area contributed by atoms with Crippen LogP contribution in [-0.4, -0.2) is 42.0 Å². The minimum atomic E-state index is -0.664. The molecule has 0 aromatic heterocycles. The predicted molar refractivity (Wildman–Crippen MR) is 138 cm³/mol. The third-order valence-electron chi connectivity index (χ3n) is 6.34. The second-order valence-corrected chi connectivity index (χ2v) is 9.23. The van der Waals surface area contributed by atoms with Gasteiger partial charge in [-0.05, 0) is 60.2 Å². The van der Waals surface area contributed by atoms with Gasteiger partial charge in [-0.25, -0.2) is 0 Å². The summed E-state index contributed by atoms with van der Waals surface area (Å²) in [6.45, 7) is 9.25. The van der Waals surface area contributed by atoms with Crippen LogP contribution >= 0.6 is 0 Å². The van der Waals surface area contributed by atoms with Gasteiger partial charge in [-0.1, -0.05) is 52.7 Å². The first-order chi connectivity index (χ1) is 16.8. The van der Waals surface area contributed by atoms with E-state index in [1.54, 1.807) is 24.1 Å². The summed E-state index contributed by atoms with van der Waals surface area (Å²) >= 11 is 0. The molecule has 35 heavy (non-hydrogen) atoms. The first-order valence-electron chi connectivity index (χ1n) is 12.5. The number of Topliss-reactive ketones (excluding diaryl/α,β-unsaturated/α-hetero) is 1. The van der Waals surface area contributed by atoms with Crippen molar-refractivity contribution < 1.29 is 24.2 Å². The number of ether oxygens (including phenoxy) is 2. The standard InChI is InChI=1S/C29H37NO5/c1-6-8-9-17-35-22-13-10-20(11-14-22)26-25(28(32)29(33)30(26)16-7-2)27(31)21-12-15-24(34-5)23(18-21)19(3)4/h10-15,18-19,26,31H,6-9,16-17H2,1-5H3/b27-25-. The van der Waals surface area contributed by atoms with Crippen LogP contribution in [0.5, 0.6) is 11.5 Å². The Labute approximate surface area is 208 Å². The van der Waals surface area contributed by atoms with Crippen LogP contribution in [0.3, 0.4) is 0 Å². The molecule has 1 unspecified atom stereocenters. The maximum absolute atomic E-state index is 13.1. The molecule has 1 aliphatic heterocycles. The van der Waals surface area contributed by atoms with Gasteiger partial charge in [0.15, 0.2) is 0 Å². The van der Waals surface area contributed by atoms with Gasteiger partial charge in [-0.15, -0.1) is 0 Å². The number of likely N-dealkylation sites (tertiary alicyclic amines) is 1. The maximum atomic E-state index is 13.1. The predicted octanol–water partition coefficient (Wildman–Crippen LogP) is 6.22. The van der Waals surface area contributed by atoms with E-state index in [2.05, 4.69) is 6.92 Å². The number of hydrogen-bond acceptors (Lipinski definition) is 5.